The van der Waals surface area contributed by atoms with Gasteiger partial charge >= 0.3 is 0 Å². The largest absolute Gasteiger partial charge is 0.323 e. The van der Waals surface area contributed by atoms with Crippen LogP contribution in [-0.2, 0) is 4.79 Å². The summed E-state index contributed by atoms with van der Waals surface area (Å²) in [6.07, 6.45) is 5.74. The van der Waals surface area contributed by atoms with Crippen molar-refractivity contribution in [2.75, 3.05) is 0 Å². The van der Waals surface area contributed by atoms with E-state index >= 15 is 0 Å². The zero-order valence-electron chi connectivity index (χ0n) is 12.7. The maximum atomic E-state index is 12.3. The minimum Gasteiger partial charge on any atom is -0.323 e. The van der Waals surface area contributed by atoms with E-state index in [1.165, 1.54) is 12.8 Å². The summed E-state index contributed by atoms with van der Waals surface area (Å²) < 4.78 is 0. The summed E-state index contributed by atoms with van der Waals surface area (Å²) in [5, 5.41) is 3.45. The summed E-state index contributed by atoms with van der Waals surface area (Å²) >= 11 is 0. The molecule has 0 aliphatic carbocycles. The third-order valence-corrected chi connectivity index (χ3v) is 3.96. The predicted octanol–water partition coefficient (Wildman–Crippen LogP) is 3.15. The van der Waals surface area contributed by atoms with E-state index < -0.39 is 0 Å². The molecule has 0 saturated carbocycles. The van der Waals surface area contributed by atoms with Crippen molar-refractivity contribution in [3.8, 4) is 0 Å². The fraction of sp³-hybridized carbons (Fsp3) is 0.933. The fourth-order valence-corrected chi connectivity index (χ4v) is 2.81. The highest BCUT2D eigenvalue weighted by Gasteiger charge is 2.38. The first-order valence-corrected chi connectivity index (χ1v) is 7.59. The van der Waals surface area contributed by atoms with Gasteiger partial charge in [-0.15, -0.1) is 0 Å². The molecule has 3 atom stereocenters. The van der Waals surface area contributed by atoms with Gasteiger partial charge in [0.05, 0.1) is 12.2 Å². The zero-order chi connectivity index (χ0) is 13.7. The summed E-state index contributed by atoms with van der Waals surface area (Å²) in [6, 6.07) is 0.410. The molecule has 0 radical (unpaired) electrons. The highest BCUT2D eigenvalue weighted by atomic mass is 16.2. The number of nitrogens with zero attached hydrogens (tertiary/aromatic N) is 1. The highest BCUT2D eigenvalue weighted by molar-refractivity contribution is 5.84. The van der Waals surface area contributed by atoms with Gasteiger partial charge < -0.3 is 4.90 Å². The molecule has 1 aliphatic rings. The fourth-order valence-electron chi connectivity index (χ4n) is 2.81. The van der Waals surface area contributed by atoms with E-state index in [9.17, 15) is 4.79 Å². The summed E-state index contributed by atoms with van der Waals surface area (Å²) in [4.78, 5) is 14.4. The molecule has 1 aliphatic heterocycles. The first-order chi connectivity index (χ1) is 8.51. The standard InChI is InChI=1S/C15H30N2O/c1-6-13-15(18)17(14(7-2)16-13)12(5)10-8-9-11(3)4/h11-14,16H,6-10H2,1-5H3. The molecule has 3 unspecified atom stereocenters. The van der Waals surface area contributed by atoms with Gasteiger partial charge in [-0.2, -0.15) is 0 Å². The summed E-state index contributed by atoms with van der Waals surface area (Å²) in [5.41, 5.74) is 0. The average molecular weight is 254 g/mol. The van der Waals surface area contributed by atoms with Crippen molar-refractivity contribution in [3.05, 3.63) is 0 Å². The lowest BCUT2D eigenvalue weighted by Crippen LogP contribution is -2.42. The zero-order valence-corrected chi connectivity index (χ0v) is 12.7. The Hall–Kier alpha value is -0.570. The molecule has 18 heavy (non-hydrogen) atoms. The Kier molecular flexibility index (Phi) is 6.13. The van der Waals surface area contributed by atoms with Crippen LogP contribution in [0, 0.1) is 5.92 Å². The minimum atomic E-state index is 0.0440. The molecule has 3 heteroatoms. The van der Waals surface area contributed by atoms with Gasteiger partial charge in [0.2, 0.25) is 5.91 Å². The van der Waals surface area contributed by atoms with E-state index in [0.29, 0.717) is 11.9 Å². The van der Waals surface area contributed by atoms with Gasteiger partial charge in [-0.1, -0.05) is 40.5 Å². The second-order valence-electron chi connectivity index (χ2n) is 5.97. The van der Waals surface area contributed by atoms with E-state index in [0.717, 1.165) is 25.2 Å². The normalized spacial score (nSPS) is 26.1. The molecule has 1 rings (SSSR count). The van der Waals surface area contributed by atoms with Crippen LogP contribution in [0.3, 0.4) is 0 Å². The van der Waals surface area contributed by atoms with Crippen LogP contribution in [0.5, 0.6) is 0 Å². The van der Waals surface area contributed by atoms with Gasteiger partial charge in [0.15, 0.2) is 0 Å². The highest BCUT2D eigenvalue weighted by Crippen LogP contribution is 2.22. The second kappa shape index (κ2) is 7.13. The van der Waals surface area contributed by atoms with E-state index in [1.807, 2.05) is 0 Å². The van der Waals surface area contributed by atoms with Crippen LogP contribution in [0.1, 0.15) is 66.7 Å². The number of hydrogen-bond acceptors (Lipinski definition) is 2. The van der Waals surface area contributed by atoms with E-state index in [-0.39, 0.29) is 12.2 Å². The van der Waals surface area contributed by atoms with E-state index in [4.69, 9.17) is 0 Å². The second-order valence-corrected chi connectivity index (χ2v) is 5.97. The lowest BCUT2D eigenvalue weighted by atomic mass is 10.0. The van der Waals surface area contributed by atoms with Crippen LogP contribution in [0.15, 0.2) is 0 Å². The smallest absolute Gasteiger partial charge is 0.241 e. The quantitative estimate of drug-likeness (QED) is 0.757. The summed E-state index contributed by atoms with van der Waals surface area (Å²) in [6.45, 7) is 10.9. The molecule has 0 aromatic heterocycles. The average Bonchev–Trinajstić information content (AvgIpc) is 2.64. The third kappa shape index (κ3) is 3.71. The lowest BCUT2D eigenvalue weighted by molar-refractivity contribution is -0.132. The van der Waals surface area contributed by atoms with Crippen molar-refractivity contribution in [3.63, 3.8) is 0 Å². The van der Waals surface area contributed by atoms with Crippen molar-refractivity contribution in [2.45, 2.75) is 85.0 Å². The predicted molar refractivity (Wildman–Crippen MR) is 76.3 cm³/mol. The van der Waals surface area contributed by atoms with Crippen molar-refractivity contribution in [2.24, 2.45) is 5.92 Å². The number of amides is 1. The van der Waals surface area contributed by atoms with Crippen LogP contribution in [0.2, 0.25) is 0 Å². The Bertz CT molecular complexity index is 265. The van der Waals surface area contributed by atoms with Crippen LogP contribution >= 0.6 is 0 Å². The molecular formula is C15H30N2O. The van der Waals surface area contributed by atoms with Crippen molar-refractivity contribution in [1.82, 2.24) is 10.2 Å². The number of nitrogens with one attached hydrogen (secondary N) is 1. The molecular weight excluding hydrogens is 224 g/mol. The first-order valence-electron chi connectivity index (χ1n) is 7.59. The van der Waals surface area contributed by atoms with Crippen LogP contribution < -0.4 is 5.32 Å². The third-order valence-electron chi connectivity index (χ3n) is 3.96. The molecule has 0 bridgehead atoms. The molecule has 1 amide bonds. The van der Waals surface area contributed by atoms with E-state index in [2.05, 4.69) is 44.8 Å². The minimum absolute atomic E-state index is 0.0440. The molecule has 1 heterocycles. The number of carbonyl (C=O) groups is 1. The van der Waals surface area contributed by atoms with Crippen molar-refractivity contribution >= 4 is 5.91 Å². The van der Waals surface area contributed by atoms with Gasteiger partial charge in [-0.05, 0) is 32.1 Å². The lowest BCUT2D eigenvalue weighted by Gasteiger charge is -2.30. The molecule has 1 saturated heterocycles. The Morgan fingerprint density at radius 1 is 1.17 bits per heavy atom. The Morgan fingerprint density at radius 3 is 2.33 bits per heavy atom. The molecule has 0 aromatic carbocycles. The summed E-state index contributed by atoms with van der Waals surface area (Å²) in [5.74, 6) is 1.07. The molecule has 0 aromatic rings. The molecule has 1 N–H and O–H groups in total. The van der Waals surface area contributed by atoms with E-state index in [1.54, 1.807) is 0 Å². The maximum absolute atomic E-state index is 12.3. The number of hydrogen-bond donors (Lipinski definition) is 1. The van der Waals surface area contributed by atoms with Crippen LogP contribution in [-0.4, -0.2) is 29.1 Å². The number of carbonyl (C=O) groups excluding carboxylic acids is 1. The van der Waals surface area contributed by atoms with Gasteiger partial charge in [-0.25, -0.2) is 0 Å². The van der Waals surface area contributed by atoms with Crippen molar-refractivity contribution < 1.29 is 4.79 Å². The van der Waals surface area contributed by atoms with Gasteiger partial charge in [0.1, 0.15) is 0 Å². The van der Waals surface area contributed by atoms with Gasteiger partial charge in [-0.3, -0.25) is 10.1 Å². The van der Waals surface area contributed by atoms with Crippen molar-refractivity contribution in [1.29, 1.82) is 0 Å². The molecule has 1 fully saturated rings. The number of rotatable bonds is 7. The molecule has 3 nitrogen and oxygen atoms in total. The monoisotopic (exact) mass is 254 g/mol. The topological polar surface area (TPSA) is 32.3 Å². The molecule has 106 valence electrons. The van der Waals surface area contributed by atoms with Gasteiger partial charge in [0, 0.05) is 6.04 Å². The first kappa shape index (κ1) is 15.5. The Balaban J connectivity index is 2.53. The maximum Gasteiger partial charge on any atom is 0.241 e. The van der Waals surface area contributed by atoms with Crippen LogP contribution in [0.25, 0.3) is 0 Å². The molecule has 0 spiro atoms. The van der Waals surface area contributed by atoms with Gasteiger partial charge in [0.25, 0.3) is 0 Å². The van der Waals surface area contributed by atoms with Crippen LogP contribution in [0.4, 0.5) is 0 Å². The Labute approximate surface area is 112 Å². The SMILES string of the molecule is CCC1NC(CC)N(C(C)CCCC(C)C)C1=O. The summed E-state index contributed by atoms with van der Waals surface area (Å²) in [7, 11) is 0. The Morgan fingerprint density at radius 2 is 1.83 bits per heavy atom.